The highest BCUT2D eigenvalue weighted by molar-refractivity contribution is 5.93. The molecular weight excluding hydrogens is 508 g/mol. The normalized spacial score (nSPS) is 11.2. The van der Waals surface area contributed by atoms with Crippen LogP contribution in [-0.4, -0.2) is 52.4 Å². The highest BCUT2D eigenvalue weighted by Crippen LogP contribution is 2.28. The number of H-pyrrole nitrogens is 1. The number of ether oxygens (including phenoxy) is 1. The van der Waals surface area contributed by atoms with E-state index in [1.54, 1.807) is 21.4 Å². The zero-order valence-electron chi connectivity index (χ0n) is 22.9. The molecule has 0 unspecified atom stereocenters. The summed E-state index contributed by atoms with van der Waals surface area (Å²) in [5, 5.41) is 14.4. The van der Waals surface area contributed by atoms with Crippen molar-refractivity contribution in [1.82, 2.24) is 39.3 Å². The number of nitrogens with one attached hydrogen (secondary N) is 1. The molecule has 0 spiro atoms. The molecule has 11 nitrogen and oxygen atoms in total. The first kappa shape index (κ1) is 26.8. The minimum Gasteiger partial charge on any atom is -0.465 e. The van der Waals surface area contributed by atoms with E-state index < -0.39 is 5.97 Å². The summed E-state index contributed by atoms with van der Waals surface area (Å²) in [4.78, 5) is 31.1. The van der Waals surface area contributed by atoms with Gasteiger partial charge in [0.15, 0.2) is 0 Å². The Kier molecular flexibility index (Phi) is 7.99. The van der Waals surface area contributed by atoms with Gasteiger partial charge in [0.1, 0.15) is 11.4 Å². The van der Waals surface area contributed by atoms with Gasteiger partial charge in [-0.3, -0.25) is 14.1 Å². The molecular formula is C29H32N8O3. The van der Waals surface area contributed by atoms with Gasteiger partial charge in [-0.15, -0.1) is 10.2 Å². The van der Waals surface area contributed by atoms with Crippen LogP contribution in [0.2, 0.25) is 0 Å². The number of unbranched alkanes of at least 4 members (excludes halogenated alkanes) is 1. The van der Waals surface area contributed by atoms with E-state index in [1.807, 2.05) is 53.4 Å². The number of aromatic nitrogens is 8. The molecule has 4 heterocycles. The molecule has 206 valence electrons. The smallest absolute Gasteiger partial charge is 0.341 e. The van der Waals surface area contributed by atoms with Crippen molar-refractivity contribution in [3.05, 3.63) is 88.4 Å². The number of rotatable bonds is 11. The van der Waals surface area contributed by atoms with E-state index in [4.69, 9.17) is 9.72 Å². The summed E-state index contributed by atoms with van der Waals surface area (Å²) in [7, 11) is 1.35. The number of pyridine rings is 1. The average Bonchev–Trinajstić information content (AvgIpc) is 3.73. The topological polar surface area (TPSA) is 126 Å². The van der Waals surface area contributed by atoms with Crippen molar-refractivity contribution >= 4 is 5.97 Å². The molecule has 4 aromatic heterocycles. The summed E-state index contributed by atoms with van der Waals surface area (Å²) in [6.07, 6.45) is 9.00. The van der Waals surface area contributed by atoms with Crippen molar-refractivity contribution in [1.29, 1.82) is 0 Å². The largest absolute Gasteiger partial charge is 0.465 e. The number of methoxy groups -OCH3 is 1. The third kappa shape index (κ3) is 5.22. The van der Waals surface area contributed by atoms with E-state index in [-0.39, 0.29) is 5.69 Å². The van der Waals surface area contributed by atoms with Crippen LogP contribution in [-0.2, 0) is 24.2 Å². The number of nitrogens with zero attached hydrogens (tertiary/aromatic N) is 7. The fourth-order valence-electron chi connectivity index (χ4n) is 4.87. The highest BCUT2D eigenvalue weighted by Gasteiger charge is 2.22. The quantitative estimate of drug-likeness (QED) is 0.248. The van der Waals surface area contributed by atoms with Crippen molar-refractivity contribution in [3.8, 4) is 28.5 Å². The van der Waals surface area contributed by atoms with E-state index >= 15 is 0 Å². The number of hydrogen-bond donors (Lipinski definition) is 1. The number of esters is 1. The maximum Gasteiger partial charge on any atom is 0.341 e. The van der Waals surface area contributed by atoms with Gasteiger partial charge >= 0.3 is 11.7 Å². The van der Waals surface area contributed by atoms with Gasteiger partial charge in [0.05, 0.1) is 19.3 Å². The summed E-state index contributed by atoms with van der Waals surface area (Å²) in [6.45, 7) is 5.20. The lowest BCUT2D eigenvalue weighted by Gasteiger charge is -2.10. The number of carbonyl (C=O) groups is 1. The lowest BCUT2D eigenvalue weighted by Crippen LogP contribution is -2.27. The summed E-state index contributed by atoms with van der Waals surface area (Å²) < 4.78 is 10.3. The van der Waals surface area contributed by atoms with Gasteiger partial charge in [-0.25, -0.2) is 9.59 Å². The Labute approximate surface area is 231 Å². The fourth-order valence-corrected chi connectivity index (χ4v) is 4.87. The molecule has 1 aromatic carbocycles. The maximum absolute atomic E-state index is 13.9. The van der Waals surface area contributed by atoms with E-state index in [0.29, 0.717) is 30.3 Å². The molecule has 0 saturated carbocycles. The summed E-state index contributed by atoms with van der Waals surface area (Å²) in [6, 6.07) is 13.4. The number of imidazole rings is 1. The number of aromatic amines is 1. The van der Waals surface area contributed by atoms with E-state index in [1.165, 1.54) is 7.11 Å². The fraction of sp³-hybridized carbons (Fsp3) is 0.310. The summed E-state index contributed by atoms with van der Waals surface area (Å²) >= 11 is 0. The van der Waals surface area contributed by atoms with Gasteiger partial charge in [-0.1, -0.05) is 50.6 Å². The number of tetrazole rings is 1. The standard InChI is InChI=1S/C29H32N8O3/c1-4-6-9-21-19-37(27-24(28(38)40-3)14-16-35(27)15-5-2)29(39)36(21)18-20-12-13-25(30-17-20)22-10-7-8-11-23(22)26-31-33-34-32-26/h7-8,10-14,16-17,19H,4-6,9,15,18H2,1-3H3,(H,31,32,33,34). The minimum atomic E-state index is -0.472. The number of hydrogen-bond acceptors (Lipinski definition) is 7. The third-order valence-electron chi connectivity index (χ3n) is 6.84. The van der Waals surface area contributed by atoms with Gasteiger partial charge in [0.2, 0.25) is 5.82 Å². The molecule has 0 amide bonds. The maximum atomic E-state index is 13.9. The SMILES string of the molecule is CCCCc1cn(-c2c(C(=O)OC)ccn2CCC)c(=O)n1Cc1ccc(-c2ccccc2-c2nn[nH]n2)nc1. The first-order valence-corrected chi connectivity index (χ1v) is 13.4. The minimum absolute atomic E-state index is 0.209. The zero-order chi connectivity index (χ0) is 28.1. The molecule has 1 N–H and O–H groups in total. The van der Waals surface area contributed by atoms with Crippen LogP contribution >= 0.6 is 0 Å². The second-order valence-electron chi connectivity index (χ2n) is 9.53. The first-order chi connectivity index (χ1) is 19.5. The van der Waals surface area contributed by atoms with Gasteiger partial charge in [0, 0.05) is 42.0 Å². The van der Waals surface area contributed by atoms with Crippen LogP contribution in [0.5, 0.6) is 0 Å². The predicted octanol–water partition coefficient (Wildman–Crippen LogP) is 4.27. The lowest BCUT2D eigenvalue weighted by atomic mass is 10.0. The summed E-state index contributed by atoms with van der Waals surface area (Å²) in [5.41, 5.74) is 4.41. The van der Waals surface area contributed by atoms with E-state index in [2.05, 4.69) is 34.5 Å². The predicted molar refractivity (Wildman–Crippen MR) is 150 cm³/mol. The molecule has 5 rings (SSSR count). The molecule has 0 aliphatic carbocycles. The molecule has 0 fully saturated rings. The van der Waals surface area contributed by atoms with Crippen LogP contribution in [0.3, 0.4) is 0 Å². The molecule has 0 radical (unpaired) electrons. The van der Waals surface area contributed by atoms with Gasteiger partial charge in [-0.2, -0.15) is 5.21 Å². The molecule has 0 atom stereocenters. The second-order valence-corrected chi connectivity index (χ2v) is 9.53. The number of benzene rings is 1. The highest BCUT2D eigenvalue weighted by atomic mass is 16.5. The van der Waals surface area contributed by atoms with Crippen LogP contribution < -0.4 is 5.69 Å². The van der Waals surface area contributed by atoms with E-state index in [9.17, 15) is 9.59 Å². The Hall–Kier alpha value is -4.80. The third-order valence-corrected chi connectivity index (χ3v) is 6.84. The van der Waals surface area contributed by atoms with Crippen LogP contribution in [0.1, 0.15) is 54.7 Å². The summed E-state index contributed by atoms with van der Waals surface area (Å²) in [5.74, 6) is 0.552. The molecule has 0 bridgehead atoms. The Morgan fingerprint density at radius 2 is 1.88 bits per heavy atom. The zero-order valence-corrected chi connectivity index (χ0v) is 22.9. The Morgan fingerprint density at radius 3 is 2.55 bits per heavy atom. The van der Waals surface area contributed by atoms with E-state index in [0.717, 1.165) is 53.8 Å². The molecule has 0 aliphatic heterocycles. The van der Waals surface area contributed by atoms with Gasteiger partial charge in [0.25, 0.3) is 0 Å². The van der Waals surface area contributed by atoms with Crippen molar-refractivity contribution in [2.45, 2.75) is 52.6 Å². The van der Waals surface area contributed by atoms with Crippen molar-refractivity contribution in [2.24, 2.45) is 0 Å². The van der Waals surface area contributed by atoms with Crippen LogP contribution in [0, 0.1) is 0 Å². The average molecular weight is 541 g/mol. The monoisotopic (exact) mass is 540 g/mol. The lowest BCUT2D eigenvalue weighted by molar-refractivity contribution is 0.0600. The Morgan fingerprint density at radius 1 is 1.05 bits per heavy atom. The van der Waals surface area contributed by atoms with Crippen LogP contribution in [0.25, 0.3) is 28.5 Å². The van der Waals surface area contributed by atoms with Gasteiger partial charge in [-0.05, 0) is 42.2 Å². The van der Waals surface area contributed by atoms with Crippen molar-refractivity contribution in [3.63, 3.8) is 0 Å². The number of aryl methyl sites for hydroxylation is 2. The molecule has 0 aliphatic rings. The Balaban J connectivity index is 1.51. The molecule has 5 aromatic rings. The van der Waals surface area contributed by atoms with Crippen LogP contribution in [0.15, 0.2) is 65.8 Å². The Bertz CT molecular complexity index is 1650. The molecule has 11 heteroatoms. The first-order valence-electron chi connectivity index (χ1n) is 13.4. The molecule has 0 saturated heterocycles. The van der Waals surface area contributed by atoms with Gasteiger partial charge < -0.3 is 9.30 Å². The molecule has 40 heavy (non-hydrogen) atoms. The second kappa shape index (κ2) is 11.9. The van der Waals surface area contributed by atoms with Crippen molar-refractivity contribution in [2.75, 3.05) is 7.11 Å². The number of carbonyl (C=O) groups excluding carboxylic acids is 1. The van der Waals surface area contributed by atoms with Crippen molar-refractivity contribution < 1.29 is 9.53 Å². The van der Waals surface area contributed by atoms with Crippen LogP contribution in [0.4, 0.5) is 0 Å².